The molecule has 1 aliphatic heterocycles. The van der Waals surface area contributed by atoms with Crippen molar-refractivity contribution in [3.63, 3.8) is 0 Å². The molecule has 2 aromatic rings. The summed E-state index contributed by atoms with van der Waals surface area (Å²) in [7, 11) is 0. The number of nitrogens with zero attached hydrogens (tertiary/aromatic N) is 1. The van der Waals surface area contributed by atoms with Gasteiger partial charge in [-0.2, -0.15) is 5.10 Å². The second kappa shape index (κ2) is 5.43. The molecule has 1 unspecified atom stereocenters. The SMILES string of the molecule is Clc1ccc(CCc2cc(C3CCCO3)n[nH]2)s1. The number of halogens is 1. The molecular weight excluding hydrogens is 268 g/mol. The molecule has 1 aliphatic rings. The van der Waals surface area contributed by atoms with Crippen LogP contribution in [0.15, 0.2) is 18.2 Å². The third-order valence-electron chi connectivity index (χ3n) is 3.18. The molecule has 1 fully saturated rings. The quantitative estimate of drug-likeness (QED) is 0.927. The van der Waals surface area contributed by atoms with E-state index in [4.69, 9.17) is 16.3 Å². The molecule has 96 valence electrons. The van der Waals surface area contributed by atoms with Crippen LogP contribution >= 0.6 is 22.9 Å². The highest BCUT2D eigenvalue weighted by molar-refractivity contribution is 7.16. The van der Waals surface area contributed by atoms with E-state index >= 15 is 0 Å². The summed E-state index contributed by atoms with van der Waals surface area (Å²) in [6.45, 7) is 0.862. The van der Waals surface area contributed by atoms with E-state index in [1.165, 1.54) is 10.6 Å². The standard InChI is InChI=1S/C13H15ClN2OS/c14-13-6-5-10(18-13)4-3-9-8-11(16-15-9)12-2-1-7-17-12/h5-6,8,12H,1-4,7H2,(H,15,16). The molecule has 0 amide bonds. The molecule has 3 nitrogen and oxygen atoms in total. The summed E-state index contributed by atoms with van der Waals surface area (Å²) in [5.74, 6) is 0. The molecule has 2 aromatic heterocycles. The number of ether oxygens (including phenoxy) is 1. The zero-order chi connectivity index (χ0) is 12.4. The average molecular weight is 283 g/mol. The van der Waals surface area contributed by atoms with Gasteiger partial charge in [0, 0.05) is 17.2 Å². The Morgan fingerprint density at radius 3 is 3.11 bits per heavy atom. The summed E-state index contributed by atoms with van der Waals surface area (Å²) >= 11 is 7.56. The van der Waals surface area contributed by atoms with Crippen molar-refractivity contribution in [3.05, 3.63) is 38.8 Å². The molecule has 3 rings (SSSR count). The fraction of sp³-hybridized carbons (Fsp3) is 0.462. The predicted molar refractivity (Wildman–Crippen MR) is 73.3 cm³/mol. The number of aromatic amines is 1. The van der Waals surface area contributed by atoms with E-state index in [1.54, 1.807) is 11.3 Å². The van der Waals surface area contributed by atoms with Gasteiger partial charge in [0.05, 0.1) is 10.0 Å². The van der Waals surface area contributed by atoms with Gasteiger partial charge in [-0.3, -0.25) is 5.10 Å². The molecule has 0 spiro atoms. The van der Waals surface area contributed by atoms with Crippen molar-refractivity contribution in [2.24, 2.45) is 0 Å². The number of thiophene rings is 1. The zero-order valence-corrected chi connectivity index (χ0v) is 11.6. The van der Waals surface area contributed by atoms with Crippen LogP contribution in [0.25, 0.3) is 0 Å². The lowest BCUT2D eigenvalue weighted by Gasteiger charge is -2.03. The highest BCUT2D eigenvalue weighted by Crippen LogP contribution is 2.28. The van der Waals surface area contributed by atoms with Crippen LogP contribution in [0.5, 0.6) is 0 Å². The highest BCUT2D eigenvalue weighted by atomic mass is 35.5. The van der Waals surface area contributed by atoms with Crippen molar-refractivity contribution in [2.75, 3.05) is 6.61 Å². The van der Waals surface area contributed by atoms with E-state index < -0.39 is 0 Å². The fourth-order valence-corrected chi connectivity index (χ4v) is 3.31. The van der Waals surface area contributed by atoms with Crippen molar-refractivity contribution in [2.45, 2.75) is 31.8 Å². The van der Waals surface area contributed by atoms with Crippen LogP contribution in [0.3, 0.4) is 0 Å². The molecule has 5 heteroatoms. The van der Waals surface area contributed by atoms with Crippen molar-refractivity contribution >= 4 is 22.9 Å². The van der Waals surface area contributed by atoms with Gasteiger partial charge in [-0.25, -0.2) is 0 Å². The van der Waals surface area contributed by atoms with Gasteiger partial charge in [0.15, 0.2) is 0 Å². The number of aromatic nitrogens is 2. The maximum absolute atomic E-state index is 5.91. The van der Waals surface area contributed by atoms with Gasteiger partial charge in [-0.05, 0) is 43.9 Å². The van der Waals surface area contributed by atoms with E-state index in [0.717, 1.165) is 42.3 Å². The van der Waals surface area contributed by atoms with Gasteiger partial charge >= 0.3 is 0 Å². The first-order valence-electron chi connectivity index (χ1n) is 6.21. The third kappa shape index (κ3) is 2.76. The summed E-state index contributed by atoms with van der Waals surface area (Å²) in [5.41, 5.74) is 2.22. The first kappa shape index (κ1) is 12.2. The third-order valence-corrected chi connectivity index (χ3v) is 4.47. The maximum Gasteiger partial charge on any atom is 0.101 e. The Balaban J connectivity index is 1.59. The number of nitrogens with one attached hydrogen (secondary N) is 1. The van der Waals surface area contributed by atoms with Crippen LogP contribution in [0.2, 0.25) is 4.34 Å². The molecule has 0 aliphatic carbocycles. The van der Waals surface area contributed by atoms with Crippen molar-refractivity contribution in [1.82, 2.24) is 10.2 Å². The van der Waals surface area contributed by atoms with Crippen LogP contribution < -0.4 is 0 Å². The second-order valence-corrected chi connectivity index (χ2v) is 6.33. The van der Waals surface area contributed by atoms with Crippen LogP contribution in [0, 0.1) is 0 Å². The Morgan fingerprint density at radius 2 is 2.39 bits per heavy atom. The summed E-state index contributed by atoms with van der Waals surface area (Å²) < 4.78 is 6.48. The maximum atomic E-state index is 5.91. The van der Waals surface area contributed by atoms with Crippen LogP contribution in [0.1, 0.15) is 35.2 Å². The molecular formula is C13H15ClN2OS. The van der Waals surface area contributed by atoms with Gasteiger partial charge in [0.1, 0.15) is 6.10 Å². The molecule has 18 heavy (non-hydrogen) atoms. The lowest BCUT2D eigenvalue weighted by Crippen LogP contribution is -1.95. The minimum atomic E-state index is 0.200. The lowest BCUT2D eigenvalue weighted by molar-refractivity contribution is 0.108. The highest BCUT2D eigenvalue weighted by Gasteiger charge is 2.20. The summed E-state index contributed by atoms with van der Waals surface area (Å²) in [6.07, 6.45) is 4.40. The summed E-state index contributed by atoms with van der Waals surface area (Å²) in [5, 5.41) is 7.44. The fourth-order valence-electron chi connectivity index (χ4n) is 2.23. The molecule has 0 aromatic carbocycles. The van der Waals surface area contributed by atoms with E-state index in [0.29, 0.717) is 0 Å². The van der Waals surface area contributed by atoms with E-state index in [2.05, 4.69) is 22.3 Å². The Morgan fingerprint density at radius 1 is 1.44 bits per heavy atom. The summed E-state index contributed by atoms with van der Waals surface area (Å²) in [6, 6.07) is 6.17. The van der Waals surface area contributed by atoms with Gasteiger partial charge in [-0.15, -0.1) is 11.3 Å². The van der Waals surface area contributed by atoms with Gasteiger partial charge < -0.3 is 4.74 Å². The van der Waals surface area contributed by atoms with E-state index in [1.807, 2.05) is 6.07 Å². The predicted octanol–water partition coefficient (Wildman–Crippen LogP) is 3.76. The number of rotatable bonds is 4. The van der Waals surface area contributed by atoms with Crippen molar-refractivity contribution in [3.8, 4) is 0 Å². The largest absolute Gasteiger partial charge is 0.372 e. The van der Waals surface area contributed by atoms with Crippen molar-refractivity contribution in [1.29, 1.82) is 0 Å². The number of hydrogen-bond donors (Lipinski definition) is 1. The van der Waals surface area contributed by atoms with Crippen LogP contribution in [-0.4, -0.2) is 16.8 Å². The lowest BCUT2D eigenvalue weighted by atomic mass is 10.1. The average Bonchev–Trinajstić information content (AvgIpc) is 3.07. The van der Waals surface area contributed by atoms with Crippen molar-refractivity contribution < 1.29 is 4.74 Å². The molecule has 1 saturated heterocycles. The monoisotopic (exact) mass is 282 g/mol. The van der Waals surface area contributed by atoms with E-state index in [9.17, 15) is 0 Å². The van der Waals surface area contributed by atoms with E-state index in [-0.39, 0.29) is 6.10 Å². The number of aryl methyl sites for hydroxylation is 2. The second-order valence-electron chi connectivity index (χ2n) is 4.53. The number of hydrogen-bond acceptors (Lipinski definition) is 3. The molecule has 0 radical (unpaired) electrons. The minimum absolute atomic E-state index is 0.200. The number of H-pyrrole nitrogens is 1. The first-order valence-corrected chi connectivity index (χ1v) is 7.41. The zero-order valence-electron chi connectivity index (χ0n) is 9.99. The Kier molecular flexibility index (Phi) is 3.68. The smallest absolute Gasteiger partial charge is 0.101 e. The van der Waals surface area contributed by atoms with Crippen LogP contribution in [0.4, 0.5) is 0 Å². The van der Waals surface area contributed by atoms with Gasteiger partial charge in [-0.1, -0.05) is 11.6 Å². The molecule has 0 bridgehead atoms. The molecule has 3 heterocycles. The summed E-state index contributed by atoms with van der Waals surface area (Å²) in [4.78, 5) is 1.31. The molecule has 1 N–H and O–H groups in total. The minimum Gasteiger partial charge on any atom is -0.372 e. The molecule has 1 atom stereocenters. The molecule has 0 saturated carbocycles. The van der Waals surface area contributed by atoms with Gasteiger partial charge in [0.25, 0.3) is 0 Å². The Bertz CT molecular complexity index is 517. The first-order chi connectivity index (χ1) is 8.81. The van der Waals surface area contributed by atoms with Gasteiger partial charge in [0.2, 0.25) is 0 Å². The Hall–Kier alpha value is -0.840. The normalized spacial score (nSPS) is 19.5. The topological polar surface area (TPSA) is 37.9 Å². The van der Waals surface area contributed by atoms with Crippen LogP contribution in [-0.2, 0) is 17.6 Å². The Labute approximate surface area is 115 Å².